The molecule has 7 heteroatoms. The van der Waals surface area contributed by atoms with Gasteiger partial charge in [-0.15, -0.1) is 10.2 Å². The average molecular weight is 329 g/mol. The summed E-state index contributed by atoms with van der Waals surface area (Å²) in [5.41, 5.74) is 2.04. The van der Waals surface area contributed by atoms with Crippen LogP contribution in [0.25, 0.3) is 5.82 Å². The molecular formula is C17H23N5O2. The molecule has 1 unspecified atom stereocenters. The van der Waals surface area contributed by atoms with Crippen LogP contribution in [0.1, 0.15) is 24.2 Å². The molecule has 0 aromatic carbocycles. The molecule has 7 nitrogen and oxygen atoms in total. The fourth-order valence-electron chi connectivity index (χ4n) is 3.55. The lowest BCUT2D eigenvalue weighted by molar-refractivity contribution is -0.0859. The molecule has 2 aliphatic rings. The summed E-state index contributed by atoms with van der Waals surface area (Å²) in [7, 11) is 0. The smallest absolute Gasteiger partial charge is 0.176 e. The van der Waals surface area contributed by atoms with Gasteiger partial charge in [0.05, 0.1) is 18.9 Å². The van der Waals surface area contributed by atoms with Crippen LogP contribution in [-0.2, 0) is 9.47 Å². The Morgan fingerprint density at radius 2 is 1.83 bits per heavy atom. The van der Waals surface area contributed by atoms with E-state index >= 15 is 0 Å². The Bertz CT molecular complexity index is 694. The molecule has 0 radical (unpaired) electrons. The molecule has 0 N–H and O–H groups in total. The maximum atomic E-state index is 5.67. The van der Waals surface area contributed by atoms with E-state index in [0.717, 1.165) is 49.0 Å². The summed E-state index contributed by atoms with van der Waals surface area (Å²) < 4.78 is 13.2. The van der Waals surface area contributed by atoms with Gasteiger partial charge in [-0.25, -0.2) is 4.68 Å². The van der Waals surface area contributed by atoms with Crippen LogP contribution in [0.3, 0.4) is 0 Å². The van der Waals surface area contributed by atoms with E-state index in [-0.39, 0.29) is 6.29 Å². The quantitative estimate of drug-likeness (QED) is 0.856. The van der Waals surface area contributed by atoms with Crippen molar-refractivity contribution in [2.45, 2.75) is 33.0 Å². The van der Waals surface area contributed by atoms with Gasteiger partial charge >= 0.3 is 0 Å². The Morgan fingerprint density at radius 3 is 2.50 bits per heavy atom. The summed E-state index contributed by atoms with van der Waals surface area (Å²) in [5, 5.41) is 13.2. The van der Waals surface area contributed by atoms with E-state index in [1.807, 2.05) is 36.7 Å². The number of anilines is 1. The SMILES string of the molecule is Cc1cc(C)n(-c2ccc(N3CCCC(C4OCCO4)C3)nn2)n1. The standard InChI is InChI=1S/C17H23N5O2/c1-12-10-13(2)22(20-12)16-6-5-15(18-19-16)21-7-3-4-14(11-21)17-23-8-9-24-17/h5-6,10,14,17H,3-4,7-9,11H2,1-2H3. The number of aromatic nitrogens is 4. The first-order valence-electron chi connectivity index (χ1n) is 8.56. The van der Waals surface area contributed by atoms with Crippen molar-refractivity contribution < 1.29 is 9.47 Å². The minimum Gasteiger partial charge on any atom is -0.355 e. The van der Waals surface area contributed by atoms with Crippen molar-refractivity contribution in [2.75, 3.05) is 31.2 Å². The highest BCUT2D eigenvalue weighted by molar-refractivity contribution is 5.40. The Labute approximate surface area is 141 Å². The Morgan fingerprint density at radius 1 is 1.08 bits per heavy atom. The third-order valence-electron chi connectivity index (χ3n) is 4.68. The van der Waals surface area contributed by atoms with Crippen molar-refractivity contribution in [3.05, 3.63) is 29.6 Å². The maximum absolute atomic E-state index is 5.67. The molecule has 2 aromatic heterocycles. The average Bonchev–Trinajstić information content (AvgIpc) is 3.25. The first kappa shape index (κ1) is 15.5. The lowest BCUT2D eigenvalue weighted by Gasteiger charge is -2.35. The number of aryl methyl sites for hydroxylation is 2. The minimum absolute atomic E-state index is 0.0604. The molecule has 4 rings (SSSR count). The summed E-state index contributed by atoms with van der Waals surface area (Å²) in [6.45, 7) is 7.31. The van der Waals surface area contributed by atoms with E-state index in [4.69, 9.17) is 9.47 Å². The number of hydrogen-bond acceptors (Lipinski definition) is 6. The normalized spacial score (nSPS) is 22.2. The Kier molecular flexibility index (Phi) is 4.20. The Hall–Kier alpha value is -1.99. The second kappa shape index (κ2) is 6.49. The summed E-state index contributed by atoms with van der Waals surface area (Å²) in [4.78, 5) is 2.27. The molecule has 1 atom stereocenters. The first-order chi connectivity index (χ1) is 11.7. The molecule has 0 spiro atoms. The highest BCUT2D eigenvalue weighted by Crippen LogP contribution is 2.27. The highest BCUT2D eigenvalue weighted by atomic mass is 16.7. The van der Waals surface area contributed by atoms with Gasteiger partial charge in [-0.1, -0.05) is 0 Å². The van der Waals surface area contributed by atoms with E-state index in [1.54, 1.807) is 0 Å². The molecule has 2 saturated heterocycles. The van der Waals surface area contributed by atoms with Crippen molar-refractivity contribution in [2.24, 2.45) is 5.92 Å². The number of hydrogen-bond donors (Lipinski definition) is 0. The number of rotatable bonds is 3. The summed E-state index contributed by atoms with van der Waals surface area (Å²) in [5.74, 6) is 2.06. The van der Waals surface area contributed by atoms with Gasteiger partial charge in [0, 0.05) is 24.7 Å². The van der Waals surface area contributed by atoms with Crippen molar-refractivity contribution in [3.8, 4) is 5.82 Å². The molecule has 0 amide bonds. The zero-order valence-electron chi connectivity index (χ0n) is 14.2. The van der Waals surface area contributed by atoms with Gasteiger partial charge in [-0.2, -0.15) is 5.10 Å². The van der Waals surface area contributed by atoms with Crippen molar-refractivity contribution in [1.82, 2.24) is 20.0 Å². The van der Waals surface area contributed by atoms with Crippen LogP contribution in [0, 0.1) is 19.8 Å². The van der Waals surface area contributed by atoms with Gasteiger partial charge in [0.2, 0.25) is 0 Å². The lowest BCUT2D eigenvalue weighted by atomic mass is 9.97. The van der Waals surface area contributed by atoms with Crippen LogP contribution in [0.2, 0.25) is 0 Å². The molecule has 2 aliphatic heterocycles. The van der Waals surface area contributed by atoms with Crippen molar-refractivity contribution in [1.29, 1.82) is 0 Å². The lowest BCUT2D eigenvalue weighted by Crippen LogP contribution is -2.41. The Balaban J connectivity index is 1.49. The molecule has 0 bridgehead atoms. The molecule has 4 heterocycles. The van der Waals surface area contributed by atoms with Gasteiger partial charge in [-0.05, 0) is 44.9 Å². The van der Waals surface area contributed by atoms with Crippen LogP contribution in [-0.4, -0.2) is 52.6 Å². The van der Waals surface area contributed by atoms with E-state index < -0.39 is 0 Å². The van der Waals surface area contributed by atoms with Crippen LogP contribution in [0.5, 0.6) is 0 Å². The summed E-state index contributed by atoms with van der Waals surface area (Å²) in [6, 6.07) is 6.04. The monoisotopic (exact) mass is 329 g/mol. The van der Waals surface area contributed by atoms with Crippen LogP contribution in [0.4, 0.5) is 5.82 Å². The van der Waals surface area contributed by atoms with Gasteiger partial charge in [-0.3, -0.25) is 0 Å². The summed E-state index contributed by atoms with van der Waals surface area (Å²) in [6.07, 6.45) is 2.20. The summed E-state index contributed by atoms with van der Waals surface area (Å²) >= 11 is 0. The largest absolute Gasteiger partial charge is 0.355 e. The second-order valence-corrected chi connectivity index (χ2v) is 6.55. The molecular weight excluding hydrogens is 306 g/mol. The number of ether oxygens (including phenoxy) is 2. The minimum atomic E-state index is -0.0604. The fraction of sp³-hybridized carbons (Fsp3) is 0.588. The third kappa shape index (κ3) is 3.01. The number of nitrogens with zero attached hydrogens (tertiary/aromatic N) is 5. The topological polar surface area (TPSA) is 65.3 Å². The van der Waals surface area contributed by atoms with Crippen LogP contribution in [0.15, 0.2) is 18.2 Å². The molecule has 0 aliphatic carbocycles. The van der Waals surface area contributed by atoms with Crippen molar-refractivity contribution >= 4 is 5.82 Å². The highest BCUT2D eigenvalue weighted by Gasteiger charge is 2.31. The van der Waals surface area contributed by atoms with Gasteiger partial charge in [0.1, 0.15) is 0 Å². The third-order valence-corrected chi connectivity index (χ3v) is 4.68. The molecule has 24 heavy (non-hydrogen) atoms. The van der Waals surface area contributed by atoms with E-state index in [1.165, 1.54) is 0 Å². The molecule has 2 aromatic rings. The van der Waals surface area contributed by atoms with E-state index in [2.05, 4.69) is 20.2 Å². The first-order valence-corrected chi connectivity index (χ1v) is 8.56. The zero-order valence-corrected chi connectivity index (χ0v) is 14.2. The van der Waals surface area contributed by atoms with Crippen LogP contribution >= 0.6 is 0 Å². The second-order valence-electron chi connectivity index (χ2n) is 6.55. The maximum Gasteiger partial charge on any atom is 0.176 e. The predicted octanol–water partition coefficient (Wildman–Crippen LogP) is 1.87. The van der Waals surface area contributed by atoms with Gasteiger partial charge in [0.15, 0.2) is 17.9 Å². The van der Waals surface area contributed by atoms with Gasteiger partial charge in [0.25, 0.3) is 0 Å². The van der Waals surface area contributed by atoms with Crippen LogP contribution < -0.4 is 4.90 Å². The van der Waals surface area contributed by atoms with Gasteiger partial charge < -0.3 is 14.4 Å². The number of piperidine rings is 1. The van der Waals surface area contributed by atoms with E-state index in [0.29, 0.717) is 19.1 Å². The molecule has 128 valence electrons. The van der Waals surface area contributed by atoms with Crippen molar-refractivity contribution in [3.63, 3.8) is 0 Å². The predicted molar refractivity (Wildman–Crippen MR) is 89.3 cm³/mol. The van der Waals surface area contributed by atoms with E-state index in [9.17, 15) is 0 Å². The fourth-order valence-corrected chi connectivity index (χ4v) is 3.55. The molecule has 0 saturated carbocycles. The zero-order chi connectivity index (χ0) is 16.5. The molecule has 2 fully saturated rings.